The fourth-order valence-electron chi connectivity index (χ4n) is 2.81. The van der Waals surface area contributed by atoms with E-state index >= 15 is 0 Å². The molecule has 0 aliphatic rings. The average Bonchev–Trinajstić information content (AvgIpc) is 2.68. The molecule has 0 atom stereocenters. The van der Waals surface area contributed by atoms with Crippen LogP contribution in [0.15, 0.2) is 47.5 Å². The molecule has 0 bridgehead atoms. The first-order valence-electron chi connectivity index (χ1n) is 9.78. The quantitative estimate of drug-likeness (QED) is 0.467. The number of ether oxygens (including phenoxy) is 1. The molecule has 8 heteroatoms. The highest BCUT2D eigenvalue weighted by atomic mass is 32.2. The van der Waals surface area contributed by atoms with Gasteiger partial charge in [0.25, 0.3) is 0 Å². The van der Waals surface area contributed by atoms with Crippen molar-refractivity contribution in [3.8, 4) is 5.75 Å². The molecule has 0 unspecified atom stereocenters. The Morgan fingerprint density at radius 3 is 2.37 bits per heavy atom. The summed E-state index contributed by atoms with van der Waals surface area (Å²) in [5, 5.41) is 6.33. The van der Waals surface area contributed by atoms with Crippen LogP contribution in [0.5, 0.6) is 5.75 Å². The van der Waals surface area contributed by atoms with Gasteiger partial charge in [-0.3, -0.25) is 4.99 Å². The van der Waals surface area contributed by atoms with Crippen molar-refractivity contribution in [2.75, 3.05) is 19.9 Å². The molecule has 0 saturated heterocycles. The van der Waals surface area contributed by atoms with Crippen LogP contribution in [0.2, 0.25) is 0 Å². The third-order valence-corrected chi connectivity index (χ3v) is 5.08. The van der Waals surface area contributed by atoms with Gasteiger partial charge in [-0.25, -0.2) is 12.8 Å². The number of aliphatic imine (C=N–C) groups is 1. The molecular weight excluding hydrogens is 405 g/mol. The van der Waals surface area contributed by atoms with Crippen LogP contribution < -0.4 is 15.4 Å². The van der Waals surface area contributed by atoms with Gasteiger partial charge >= 0.3 is 0 Å². The van der Waals surface area contributed by atoms with Crippen LogP contribution in [0.3, 0.4) is 0 Å². The molecule has 0 spiro atoms. The van der Waals surface area contributed by atoms with Crippen molar-refractivity contribution in [3.63, 3.8) is 0 Å². The SMILES string of the molecule is CN=C(NCc1cc(F)ccc1CS(C)(=O)=O)NCc1ccccc1OCC(C)C. The van der Waals surface area contributed by atoms with Gasteiger partial charge in [0, 0.05) is 32.0 Å². The number of guanidine groups is 1. The van der Waals surface area contributed by atoms with E-state index in [-0.39, 0.29) is 12.3 Å². The maximum Gasteiger partial charge on any atom is 0.191 e. The predicted molar refractivity (Wildman–Crippen MR) is 119 cm³/mol. The summed E-state index contributed by atoms with van der Waals surface area (Å²) in [5.74, 6) is 1.20. The molecule has 2 aromatic rings. The van der Waals surface area contributed by atoms with Crippen molar-refractivity contribution in [2.24, 2.45) is 10.9 Å². The van der Waals surface area contributed by atoms with Gasteiger partial charge in [-0.05, 0) is 35.2 Å². The number of benzene rings is 2. The molecule has 0 heterocycles. The van der Waals surface area contributed by atoms with E-state index in [1.807, 2.05) is 24.3 Å². The number of hydrogen-bond acceptors (Lipinski definition) is 4. The van der Waals surface area contributed by atoms with Gasteiger partial charge in [-0.1, -0.05) is 38.1 Å². The summed E-state index contributed by atoms with van der Waals surface area (Å²) in [7, 11) is -1.59. The smallest absolute Gasteiger partial charge is 0.191 e. The molecule has 6 nitrogen and oxygen atoms in total. The second-order valence-electron chi connectivity index (χ2n) is 7.58. The Morgan fingerprint density at radius 2 is 1.73 bits per heavy atom. The number of rotatable bonds is 9. The van der Waals surface area contributed by atoms with E-state index in [1.165, 1.54) is 18.2 Å². The van der Waals surface area contributed by atoms with Gasteiger partial charge in [0.2, 0.25) is 0 Å². The summed E-state index contributed by atoms with van der Waals surface area (Å²) in [4.78, 5) is 4.19. The highest BCUT2D eigenvalue weighted by Gasteiger charge is 2.12. The van der Waals surface area contributed by atoms with Crippen molar-refractivity contribution in [1.82, 2.24) is 10.6 Å². The lowest BCUT2D eigenvalue weighted by molar-refractivity contribution is 0.268. The summed E-state index contributed by atoms with van der Waals surface area (Å²) in [6, 6.07) is 11.9. The Morgan fingerprint density at radius 1 is 1.07 bits per heavy atom. The maximum atomic E-state index is 13.7. The van der Waals surface area contributed by atoms with Gasteiger partial charge in [0.15, 0.2) is 15.8 Å². The topological polar surface area (TPSA) is 79.8 Å². The molecule has 0 aliphatic heterocycles. The highest BCUT2D eigenvalue weighted by Crippen LogP contribution is 2.18. The third kappa shape index (κ3) is 8.02. The van der Waals surface area contributed by atoms with Crippen LogP contribution in [0.1, 0.15) is 30.5 Å². The summed E-state index contributed by atoms with van der Waals surface area (Å²) in [5.41, 5.74) is 2.13. The second kappa shape index (κ2) is 11.0. The van der Waals surface area contributed by atoms with E-state index in [1.54, 1.807) is 7.05 Å². The third-order valence-electron chi connectivity index (χ3n) is 4.25. The first-order valence-corrected chi connectivity index (χ1v) is 11.8. The van der Waals surface area contributed by atoms with Crippen molar-refractivity contribution < 1.29 is 17.5 Å². The molecule has 2 N–H and O–H groups in total. The van der Waals surface area contributed by atoms with E-state index in [0.29, 0.717) is 36.2 Å². The van der Waals surface area contributed by atoms with Gasteiger partial charge in [0.1, 0.15) is 11.6 Å². The lowest BCUT2D eigenvalue weighted by atomic mass is 10.1. The number of nitrogens with one attached hydrogen (secondary N) is 2. The zero-order valence-electron chi connectivity index (χ0n) is 17.9. The maximum absolute atomic E-state index is 13.7. The molecule has 164 valence electrons. The summed E-state index contributed by atoms with van der Waals surface area (Å²) in [6.45, 7) is 5.56. The van der Waals surface area contributed by atoms with Crippen molar-refractivity contribution in [2.45, 2.75) is 32.7 Å². The summed E-state index contributed by atoms with van der Waals surface area (Å²) < 4.78 is 42.9. The molecule has 0 aliphatic carbocycles. The minimum absolute atomic E-state index is 0.142. The molecule has 0 fully saturated rings. The normalized spacial score (nSPS) is 12.1. The first kappa shape index (κ1) is 23.7. The van der Waals surface area contributed by atoms with Crippen LogP contribution in [-0.4, -0.2) is 34.3 Å². The van der Waals surface area contributed by atoms with E-state index < -0.39 is 15.7 Å². The molecular formula is C22H30FN3O3S. The molecule has 0 aromatic heterocycles. The first-order chi connectivity index (χ1) is 14.2. The van der Waals surface area contributed by atoms with Crippen LogP contribution in [0.4, 0.5) is 4.39 Å². The molecule has 2 rings (SSSR count). The molecule has 0 saturated carbocycles. The number of sulfone groups is 1. The van der Waals surface area contributed by atoms with Crippen molar-refractivity contribution in [3.05, 3.63) is 65.0 Å². The molecule has 2 aromatic carbocycles. The zero-order valence-corrected chi connectivity index (χ0v) is 18.7. The monoisotopic (exact) mass is 435 g/mol. The number of para-hydroxylation sites is 1. The Bertz CT molecular complexity index is 975. The minimum atomic E-state index is -3.23. The second-order valence-corrected chi connectivity index (χ2v) is 9.72. The Balaban J connectivity index is 2.03. The van der Waals surface area contributed by atoms with Crippen LogP contribution >= 0.6 is 0 Å². The lowest BCUT2D eigenvalue weighted by Crippen LogP contribution is -2.36. The van der Waals surface area contributed by atoms with E-state index in [2.05, 4.69) is 29.5 Å². The van der Waals surface area contributed by atoms with Crippen molar-refractivity contribution in [1.29, 1.82) is 0 Å². The van der Waals surface area contributed by atoms with Gasteiger partial charge in [-0.2, -0.15) is 0 Å². The number of hydrogen-bond donors (Lipinski definition) is 2. The molecule has 30 heavy (non-hydrogen) atoms. The standard InChI is InChI=1S/C22H30FN3O3S/c1-16(2)14-29-21-8-6-5-7-17(21)12-25-22(24-3)26-13-19-11-20(23)10-9-18(19)15-30(4,27)28/h5-11,16H,12-15H2,1-4H3,(H2,24,25,26). The summed E-state index contributed by atoms with van der Waals surface area (Å²) >= 11 is 0. The number of halogens is 1. The fourth-order valence-corrected chi connectivity index (χ4v) is 3.65. The van der Waals surface area contributed by atoms with E-state index in [4.69, 9.17) is 4.74 Å². The Hall–Kier alpha value is -2.61. The number of nitrogens with zero attached hydrogens (tertiary/aromatic N) is 1. The highest BCUT2D eigenvalue weighted by molar-refractivity contribution is 7.89. The zero-order chi connectivity index (χ0) is 22.1. The van der Waals surface area contributed by atoms with Crippen LogP contribution in [0, 0.1) is 11.7 Å². The van der Waals surface area contributed by atoms with Gasteiger partial charge in [-0.15, -0.1) is 0 Å². The average molecular weight is 436 g/mol. The minimum Gasteiger partial charge on any atom is -0.493 e. The van der Waals surface area contributed by atoms with Crippen LogP contribution in [0.25, 0.3) is 0 Å². The van der Waals surface area contributed by atoms with Gasteiger partial charge in [0.05, 0.1) is 12.4 Å². The summed E-state index contributed by atoms with van der Waals surface area (Å²) in [6.07, 6.45) is 1.16. The largest absolute Gasteiger partial charge is 0.493 e. The Labute approximate surface area is 178 Å². The van der Waals surface area contributed by atoms with Crippen molar-refractivity contribution >= 4 is 15.8 Å². The fraction of sp³-hybridized carbons (Fsp3) is 0.409. The Kier molecular flexibility index (Phi) is 8.65. The van der Waals surface area contributed by atoms with Crippen LogP contribution in [-0.2, 0) is 28.7 Å². The molecule has 0 radical (unpaired) electrons. The lowest BCUT2D eigenvalue weighted by Gasteiger charge is -2.16. The van der Waals surface area contributed by atoms with E-state index in [9.17, 15) is 12.8 Å². The van der Waals surface area contributed by atoms with Gasteiger partial charge < -0.3 is 15.4 Å². The predicted octanol–water partition coefficient (Wildman–Crippen LogP) is 3.27. The van der Waals surface area contributed by atoms with E-state index in [0.717, 1.165) is 17.6 Å². The molecule has 0 amide bonds.